The lowest BCUT2D eigenvalue weighted by Gasteiger charge is -2.09. The Bertz CT molecular complexity index is 1100. The van der Waals surface area contributed by atoms with Crippen LogP contribution in [-0.2, 0) is 16.1 Å². The van der Waals surface area contributed by atoms with Gasteiger partial charge in [0.05, 0.1) is 13.3 Å². The zero-order valence-electron chi connectivity index (χ0n) is 17.5. The molecule has 0 radical (unpaired) electrons. The molecule has 7 nitrogen and oxygen atoms in total. The van der Waals surface area contributed by atoms with Gasteiger partial charge in [-0.1, -0.05) is 12.1 Å². The lowest BCUT2D eigenvalue weighted by atomic mass is 10.2. The van der Waals surface area contributed by atoms with Crippen molar-refractivity contribution in [3.63, 3.8) is 0 Å². The van der Waals surface area contributed by atoms with Crippen molar-refractivity contribution in [1.29, 1.82) is 0 Å². The summed E-state index contributed by atoms with van der Waals surface area (Å²) in [7, 11) is 1.57. The van der Waals surface area contributed by atoms with E-state index >= 15 is 0 Å². The molecule has 8 heteroatoms. The Morgan fingerprint density at radius 3 is 2.39 bits per heavy atom. The van der Waals surface area contributed by atoms with Crippen LogP contribution in [0.5, 0.6) is 5.75 Å². The third-order valence-corrected chi connectivity index (χ3v) is 4.74. The molecule has 0 saturated heterocycles. The molecule has 1 heterocycles. The summed E-state index contributed by atoms with van der Waals surface area (Å²) in [6.45, 7) is 4.01. The van der Waals surface area contributed by atoms with Crippen LogP contribution in [0, 0.1) is 19.7 Å². The molecule has 0 saturated carbocycles. The number of carbonyl (C=O) groups is 2. The number of amides is 2. The third kappa shape index (κ3) is 5.36. The number of hydrazone groups is 1. The van der Waals surface area contributed by atoms with Gasteiger partial charge in [-0.3, -0.25) is 9.59 Å². The van der Waals surface area contributed by atoms with Gasteiger partial charge in [0, 0.05) is 29.2 Å². The molecule has 0 bridgehead atoms. The van der Waals surface area contributed by atoms with Crippen molar-refractivity contribution in [2.45, 2.75) is 20.4 Å². The Kier molecular flexibility index (Phi) is 6.81. The second kappa shape index (κ2) is 9.71. The minimum absolute atomic E-state index is 0.207. The largest absolute Gasteiger partial charge is 0.497 e. The van der Waals surface area contributed by atoms with Crippen LogP contribution >= 0.6 is 0 Å². The van der Waals surface area contributed by atoms with Gasteiger partial charge in [0.1, 0.15) is 11.6 Å². The molecular formula is C23H23FN4O3. The molecule has 1 aromatic heterocycles. The third-order valence-electron chi connectivity index (χ3n) is 4.74. The van der Waals surface area contributed by atoms with Gasteiger partial charge in [-0.2, -0.15) is 5.10 Å². The number of nitrogens with zero attached hydrogens (tertiary/aromatic N) is 2. The van der Waals surface area contributed by atoms with E-state index in [9.17, 15) is 14.0 Å². The standard InChI is InChI=1S/C23H23FN4O3/c1-15-12-18(16(2)28(15)20-8-6-19(24)7-9-20)14-26-27-23(30)22(29)25-13-17-4-10-21(31-3)11-5-17/h4-12,14H,13H2,1-3H3,(H,25,29)(H,27,30)/b26-14-. The molecule has 0 aliphatic carbocycles. The van der Waals surface area contributed by atoms with Gasteiger partial charge in [-0.15, -0.1) is 0 Å². The first-order valence-corrected chi connectivity index (χ1v) is 9.58. The number of hydrogen-bond acceptors (Lipinski definition) is 4. The van der Waals surface area contributed by atoms with E-state index in [1.807, 2.05) is 24.5 Å². The van der Waals surface area contributed by atoms with E-state index in [2.05, 4.69) is 15.8 Å². The molecule has 2 aromatic carbocycles. The topological polar surface area (TPSA) is 84.7 Å². The maximum Gasteiger partial charge on any atom is 0.329 e. The summed E-state index contributed by atoms with van der Waals surface area (Å²) in [6.07, 6.45) is 1.47. The summed E-state index contributed by atoms with van der Waals surface area (Å²) in [5.41, 5.74) is 6.43. The van der Waals surface area contributed by atoms with Gasteiger partial charge in [0.25, 0.3) is 0 Å². The first-order chi connectivity index (χ1) is 14.9. The van der Waals surface area contributed by atoms with Crippen LogP contribution in [0.3, 0.4) is 0 Å². The first kappa shape index (κ1) is 21.8. The molecule has 2 N–H and O–H groups in total. The average Bonchev–Trinajstić information content (AvgIpc) is 3.06. The number of halogens is 1. The van der Waals surface area contributed by atoms with E-state index < -0.39 is 11.8 Å². The predicted molar refractivity (Wildman–Crippen MR) is 116 cm³/mol. The highest BCUT2D eigenvalue weighted by Crippen LogP contribution is 2.20. The van der Waals surface area contributed by atoms with Gasteiger partial charge in [-0.05, 0) is 61.9 Å². The van der Waals surface area contributed by atoms with Crippen molar-refractivity contribution in [3.05, 3.63) is 82.9 Å². The molecule has 0 aliphatic heterocycles. The monoisotopic (exact) mass is 422 g/mol. The normalized spacial score (nSPS) is 10.8. The molecular weight excluding hydrogens is 399 g/mol. The molecule has 0 fully saturated rings. The fourth-order valence-corrected chi connectivity index (χ4v) is 3.12. The summed E-state index contributed by atoms with van der Waals surface area (Å²) in [5, 5.41) is 6.42. The Labute approximate surface area is 179 Å². The van der Waals surface area contributed by atoms with Crippen molar-refractivity contribution in [2.75, 3.05) is 7.11 Å². The maximum absolute atomic E-state index is 13.2. The summed E-state index contributed by atoms with van der Waals surface area (Å²) in [5.74, 6) is -1.25. The Balaban J connectivity index is 1.58. The molecule has 0 atom stereocenters. The van der Waals surface area contributed by atoms with E-state index in [0.717, 1.165) is 28.2 Å². The van der Waals surface area contributed by atoms with Crippen molar-refractivity contribution in [3.8, 4) is 11.4 Å². The van der Waals surface area contributed by atoms with Crippen LogP contribution in [0.4, 0.5) is 4.39 Å². The number of carbonyl (C=O) groups excluding carboxylic acids is 2. The number of hydrogen-bond donors (Lipinski definition) is 2. The van der Waals surface area contributed by atoms with Gasteiger partial charge >= 0.3 is 11.8 Å². The lowest BCUT2D eigenvalue weighted by molar-refractivity contribution is -0.139. The highest BCUT2D eigenvalue weighted by molar-refractivity contribution is 6.35. The second-order valence-electron chi connectivity index (χ2n) is 6.87. The number of ether oxygens (including phenoxy) is 1. The number of aromatic nitrogens is 1. The lowest BCUT2D eigenvalue weighted by Crippen LogP contribution is -2.37. The van der Waals surface area contributed by atoms with Crippen molar-refractivity contribution in [2.24, 2.45) is 5.10 Å². The molecule has 2 amide bonds. The fourth-order valence-electron chi connectivity index (χ4n) is 3.12. The predicted octanol–water partition coefficient (Wildman–Crippen LogP) is 3.01. The van der Waals surface area contributed by atoms with E-state index in [-0.39, 0.29) is 12.4 Å². The fraction of sp³-hybridized carbons (Fsp3) is 0.174. The van der Waals surface area contributed by atoms with Crippen LogP contribution in [0.15, 0.2) is 59.7 Å². The van der Waals surface area contributed by atoms with Gasteiger partial charge in [0.15, 0.2) is 0 Å². The summed E-state index contributed by atoms with van der Waals surface area (Å²) in [6, 6.07) is 15.2. The van der Waals surface area contributed by atoms with E-state index in [1.165, 1.54) is 18.3 Å². The first-order valence-electron chi connectivity index (χ1n) is 9.58. The van der Waals surface area contributed by atoms with Gasteiger partial charge in [-0.25, -0.2) is 9.82 Å². The average molecular weight is 422 g/mol. The molecule has 3 rings (SSSR count). The second-order valence-corrected chi connectivity index (χ2v) is 6.87. The Hall–Kier alpha value is -3.94. The highest BCUT2D eigenvalue weighted by atomic mass is 19.1. The maximum atomic E-state index is 13.2. The Morgan fingerprint density at radius 1 is 1.06 bits per heavy atom. The molecule has 0 aliphatic rings. The van der Waals surface area contributed by atoms with Crippen molar-refractivity contribution >= 4 is 18.0 Å². The number of nitrogens with one attached hydrogen (secondary N) is 2. The minimum atomic E-state index is -0.864. The number of aryl methyl sites for hydroxylation is 1. The Morgan fingerprint density at radius 2 is 1.74 bits per heavy atom. The number of rotatable bonds is 6. The highest BCUT2D eigenvalue weighted by Gasteiger charge is 2.13. The van der Waals surface area contributed by atoms with Crippen LogP contribution < -0.4 is 15.5 Å². The molecule has 0 unspecified atom stereocenters. The van der Waals surface area contributed by atoms with Gasteiger partial charge < -0.3 is 14.6 Å². The molecule has 3 aromatic rings. The summed E-state index contributed by atoms with van der Waals surface area (Å²) < 4.78 is 20.2. The van der Waals surface area contributed by atoms with Crippen LogP contribution in [0.2, 0.25) is 0 Å². The molecule has 160 valence electrons. The van der Waals surface area contributed by atoms with Crippen molar-refractivity contribution in [1.82, 2.24) is 15.3 Å². The van der Waals surface area contributed by atoms with Crippen LogP contribution in [0.1, 0.15) is 22.5 Å². The van der Waals surface area contributed by atoms with Gasteiger partial charge in [0.2, 0.25) is 0 Å². The quantitative estimate of drug-likeness (QED) is 0.364. The van der Waals surface area contributed by atoms with Crippen LogP contribution in [-0.4, -0.2) is 29.7 Å². The smallest absolute Gasteiger partial charge is 0.329 e. The summed E-state index contributed by atoms with van der Waals surface area (Å²) in [4.78, 5) is 23.9. The zero-order chi connectivity index (χ0) is 22.4. The van der Waals surface area contributed by atoms with E-state index in [1.54, 1.807) is 43.5 Å². The van der Waals surface area contributed by atoms with E-state index in [0.29, 0.717) is 5.75 Å². The number of benzene rings is 2. The zero-order valence-corrected chi connectivity index (χ0v) is 17.5. The minimum Gasteiger partial charge on any atom is -0.497 e. The summed E-state index contributed by atoms with van der Waals surface area (Å²) >= 11 is 0. The SMILES string of the molecule is COc1ccc(CNC(=O)C(=O)N/N=C\c2cc(C)n(-c3ccc(F)cc3)c2C)cc1. The van der Waals surface area contributed by atoms with E-state index in [4.69, 9.17) is 4.74 Å². The van der Waals surface area contributed by atoms with Crippen molar-refractivity contribution < 1.29 is 18.7 Å². The van der Waals surface area contributed by atoms with Crippen LogP contribution in [0.25, 0.3) is 5.69 Å². The molecule has 0 spiro atoms. The number of methoxy groups -OCH3 is 1. The molecule has 31 heavy (non-hydrogen) atoms.